The molecule has 1 aromatic heterocycles. The van der Waals surface area contributed by atoms with Gasteiger partial charge in [0.25, 0.3) is 0 Å². The lowest BCUT2D eigenvalue weighted by Gasteiger charge is -2.43. The highest BCUT2D eigenvalue weighted by molar-refractivity contribution is 8.13. The van der Waals surface area contributed by atoms with Crippen LogP contribution in [0.1, 0.15) is 34.6 Å². The van der Waals surface area contributed by atoms with Crippen LogP contribution in [0.4, 0.5) is 0 Å². The highest BCUT2D eigenvalue weighted by Gasteiger charge is 2.46. The van der Waals surface area contributed by atoms with Crippen molar-refractivity contribution in [1.29, 1.82) is 0 Å². The molecule has 0 saturated carbocycles. The van der Waals surface area contributed by atoms with Gasteiger partial charge in [-0.2, -0.15) is 0 Å². The van der Waals surface area contributed by atoms with Crippen molar-refractivity contribution in [2.75, 3.05) is 5.75 Å². The van der Waals surface area contributed by atoms with Crippen molar-refractivity contribution in [1.82, 2.24) is 0 Å². The van der Waals surface area contributed by atoms with E-state index < -0.39 is 0 Å². The molecule has 2 heterocycles. The van der Waals surface area contributed by atoms with Gasteiger partial charge >= 0.3 is 0 Å². The zero-order valence-electron chi connectivity index (χ0n) is 13.7. The lowest BCUT2D eigenvalue weighted by atomic mass is 9.68. The second-order valence-electron chi connectivity index (χ2n) is 6.29. The lowest BCUT2D eigenvalue weighted by molar-refractivity contribution is 0.235. The predicted octanol–water partition coefficient (Wildman–Crippen LogP) is 4.95. The Kier molecular flexibility index (Phi) is 4.83. The Balaban J connectivity index is 2.06. The molecule has 1 aromatic rings. The van der Waals surface area contributed by atoms with Gasteiger partial charge in [0.1, 0.15) is 0 Å². The van der Waals surface area contributed by atoms with Crippen LogP contribution in [-0.2, 0) is 12.0 Å². The molecule has 0 fully saturated rings. The molecule has 0 bridgehead atoms. The summed E-state index contributed by atoms with van der Waals surface area (Å²) in [6, 6.07) is 2.35. The first-order chi connectivity index (χ1) is 11.1. The highest BCUT2D eigenvalue weighted by atomic mass is 32.2. The third kappa shape index (κ3) is 3.07. The molecule has 0 radical (unpaired) electrons. The van der Waals surface area contributed by atoms with E-state index in [1.54, 1.807) is 11.8 Å². The summed E-state index contributed by atoms with van der Waals surface area (Å²) in [7, 11) is 0. The summed E-state index contributed by atoms with van der Waals surface area (Å²) in [6.07, 6.45) is 10.3. The SMILES string of the molecule is C=C/C=C(\C=C)CC1CCc2sc(C)cc2C12CCSC(N)=N2. The lowest BCUT2D eigenvalue weighted by Crippen LogP contribution is -2.41. The van der Waals surface area contributed by atoms with Gasteiger partial charge in [0, 0.05) is 15.5 Å². The number of aliphatic imine (C=N–C) groups is 1. The number of hydrogen-bond acceptors (Lipinski definition) is 4. The molecular weight excluding hydrogens is 320 g/mol. The molecule has 1 aliphatic heterocycles. The number of amidine groups is 1. The molecule has 3 rings (SSSR count). The first-order valence-corrected chi connectivity index (χ1v) is 9.91. The van der Waals surface area contributed by atoms with Crippen molar-refractivity contribution in [2.24, 2.45) is 16.6 Å². The fraction of sp³-hybridized carbons (Fsp3) is 0.421. The fourth-order valence-electron chi connectivity index (χ4n) is 3.89. The summed E-state index contributed by atoms with van der Waals surface area (Å²) in [4.78, 5) is 7.92. The number of rotatable bonds is 4. The Morgan fingerprint density at radius 1 is 1.52 bits per heavy atom. The van der Waals surface area contributed by atoms with Crippen LogP contribution in [0.3, 0.4) is 0 Å². The van der Waals surface area contributed by atoms with Gasteiger partial charge in [-0.15, -0.1) is 11.3 Å². The number of thiophene rings is 1. The number of aryl methyl sites for hydroxylation is 2. The first-order valence-electron chi connectivity index (χ1n) is 8.11. The van der Waals surface area contributed by atoms with Crippen molar-refractivity contribution >= 4 is 28.3 Å². The van der Waals surface area contributed by atoms with Crippen LogP contribution in [0.5, 0.6) is 0 Å². The summed E-state index contributed by atoms with van der Waals surface area (Å²) in [5.41, 5.74) is 8.69. The molecule has 0 aromatic carbocycles. The number of hydrogen-bond donors (Lipinski definition) is 1. The Bertz CT molecular complexity index is 684. The number of allylic oxidation sites excluding steroid dienone is 4. The van der Waals surface area contributed by atoms with Crippen LogP contribution in [0.15, 0.2) is 48.0 Å². The number of nitrogens with zero attached hydrogens (tertiary/aromatic N) is 1. The van der Waals surface area contributed by atoms with E-state index in [0.717, 1.165) is 36.6 Å². The van der Waals surface area contributed by atoms with Crippen LogP contribution < -0.4 is 5.73 Å². The third-order valence-corrected chi connectivity index (χ3v) is 6.82. The monoisotopic (exact) mass is 344 g/mol. The van der Waals surface area contributed by atoms with Crippen molar-refractivity contribution in [3.8, 4) is 0 Å². The van der Waals surface area contributed by atoms with Gasteiger partial charge in [-0.25, -0.2) is 0 Å². The normalized spacial score (nSPS) is 27.4. The second kappa shape index (κ2) is 6.70. The number of nitrogens with two attached hydrogens (primary N) is 1. The van der Waals surface area contributed by atoms with Crippen molar-refractivity contribution in [3.63, 3.8) is 0 Å². The van der Waals surface area contributed by atoms with Crippen molar-refractivity contribution in [2.45, 2.75) is 38.1 Å². The molecule has 1 aliphatic carbocycles. The Hall–Kier alpha value is -1.26. The zero-order chi connectivity index (χ0) is 16.4. The van der Waals surface area contributed by atoms with Gasteiger partial charge < -0.3 is 5.73 Å². The van der Waals surface area contributed by atoms with Crippen LogP contribution in [0.25, 0.3) is 0 Å². The van der Waals surface area contributed by atoms with E-state index in [0.29, 0.717) is 5.92 Å². The molecular formula is C19H24N2S2. The maximum atomic E-state index is 6.15. The summed E-state index contributed by atoms with van der Waals surface area (Å²) in [5, 5.41) is 0.741. The quantitative estimate of drug-likeness (QED) is 0.785. The molecule has 122 valence electrons. The van der Waals surface area contributed by atoms with E-state index in [-0.39, 0.29) is 5.54 Å². The van der Waals surface area contributed by atoms with E-state index >= 15 is 0 Å². The first kappa shape index (κ1) is 16.6. The third-order valence-electron chi connectivity index (χ3n) is 4.91. The average Bonchev–Trinajstić information content (AvgIpc) is 2.91. The number of thioether (sulfide) groups is 1. The summed E-state index contributed by atoms with van der Waals surface area (Å²) >= 11 is 3.61. The second-order valence-corrected chi connectivity index (χ2v) is 8.74. The van der Waals surface area contributed by atoms with Gasteiger partial charge in [-0.1, -0.05) is 43.1 Å². The highest BCUT2D eigenvalue weighted by Crippen LogP contribution is 2.52. The molecule has 2 unspecified atom stereocenters. The average molecular weight is 345 g/mol. The Labute approximate surface area is 147 Å². The van der Waals surface area contributed by atoms with E-state index in [2.05, 4.69) is 32.2 Å². The van der Waals surface area contributed by atoms with E-state index in [1.165, 1.54) is 20.9 Å². The Morgan fingerprint density at radius 3 is 3.04 bits per heavy atom. The van der Waals surface area contributed by atoms with Crippen molar-refractivity contribution < 1.29 is 0 Å². The molecule has 23 heavy (non-hydrogen) atoms. The molecule has 2 atom stereocenters. The van der Waals surface area contributed by atoms with Gasteiger partial charge in [0.05, 0.1) is 5.54 Å². The predicted molar refractivity (Wildman–Crippen MR) is 104 cm³/mol. The van der Waals surface area contributed by atoms with Crippen LogP contribution in [0.2, 0.25) is 0 Å². The zero-order valence-corrected chi connectivity index (χ0v) is 15.3. The molecule has 1 spiro atoms. The van der Waals surface area contributed by atoms with Gasteiger partial charge in [-0.3, -0.25) is 4.99 Å². The molecule has 2 N–H and O–H groups in total. The maximum Gasteiger partial charge on any atom is 0.154 e. The molecule has 0 saturated heterocycles. The molecule has 0 amide bonds. The largest absolute Gasteiger partial charge is 0.379 e. The molecule has 2 aliphatic rings. The van der Waals surface area contributed by atoms with Gasteiger partial charge in [0.15, 0.2) is 5.17 Å². The van der Waals surface area contributed by atoms with E-state index in [1.807, 2.05) is 23.5 Å². The fourth-order valence-corrected chi connectivity index (χ4v) is 5.87. The van der Waals surface area contributed by atoms with Crippen LogP contribution in [-0.4, -0.2) is 10.9 Å². The maximum absolute atomic E-state index is 6.15. The summed E-state index contributed by atoms with van der Waals surface area (Å²) < 4.78 is 0. The minimum Gasteiger partial charge on any atom is -0.379 e. The molecule has 4 heteroatoms. The smallest absolute Gasteiger partial charge is 0.154 e. The van der Waals surface area contributed by atoms with Crippen LogP contribution >= 0.6 is 23.1 Å². The topological polar surface area (TPSA) is 38.4 Å². The van der Waals surface area contributed by atoms with Gasteiger partial charge in [-0.05, 0) is 55.7 Å². The summed E-state index contributed by atoms with van der Waals surface area (Å²) in [6.45, 7) is 9.98. The van der Waals surface area contributed by atoms with E-state index in [4.69, 9.17) is 10.7 Å². The Morgan fingerprint density at radius 2 is 2.35 bits per heavy atom. The van der Waals surface area contributed by atoms with Crippen molar-refractivity contribution in [3.05, 3.63) is 58.3 Å². The summed E-state index contributed by atoms with van der Waals surface area (Å²) in [5.74, 6) is 1.53. The minimum absolute atomic E-state index is 0.142. The van der Waals surface area contributed by atoms with Gasteiger partial charge in [0.2, 0.25) is 0 Å². The van der Waals surface area contributed by atoms with Crippen LogP contribution in [0, 0.1) is 12.8 Å². The minimum atomic E-state index is -0.142. The standard InChI is InChI=1S/C19H24N2S2/c1-4-6-14(5-2)12-15-7-8-17-16(11-13(3)23-17)19(15)9-10-22-18(20)21-19/h4-6,11,15H,1-2,7-10,12H2,3H3,(H2,20,21)/b14-6+. The van der Waals surface area contributed by atoms with E-state index in [9.17, 15) is 0 Å². The number of fused-ring (bicyclic) bond motifs is 2. The molecule has 2 nitrogen and oxygen atoms in total.